The van der Waals surface area contributed by atoms with Gasteiger partial charge < -0.3 is 16.0 Å². The first-order valence-electron chi connectivity index (χ1n) is 9.98. The summed E-state index contributed by atoms with van der Waals surface area (Å²) in [7, 11) is -1.58. The maximum Gasteiger partial charge on any atom is 0.233 e. The molecule has 0 spiro atoms. The van der Waals surface area contributed by atoms with Crippen molar-refractivity contribution in [2.24, 2.45) is 4.99 Å². The van der Waals surface area contributed by atoms with Gasteiger partial charge in [-0.25, -0.2) is 12.7 Å². The van der Waals surface area contributed by atoms with Gasteiger partial charge in [0.2, 0.25) is 15.9 Å². The molecule has 2 saturated heterocycles. The third-order valence-corrected chi connectivity index (χ3v) is 7.69. The lowest BCUT2D eigenvalue weighted by molar-refractivity contribution is -0.122. The smallest absolute Gasteiger partial charge is 0.233 e. The molecule has 3 N–H and O–H groups in total. The molecular weight excluding hydrogens is 527 g/mol. The number of halogens is 1. The largest absolute Gasteiger partial charge is 0.358 e. The quantitative estimate of drug-likeness (QED) is 0.213. The van der Waals surface area contributed by atoms with Gasteiger partial charge in [-0.05, 0) is 19.8 Å². The Morgan fingerprint density at radius 1 is 1.17 bits per heavy atom. The minimum absolute atomic E-state index is 0. The first kappa shape index (κ1) is 26.7. The summed E-state index contributed by atoms with van der Waals surface area (Å²) in [5.41, 5.74) is 0. The Labute approximate surface area is 196 Å². The van der Waals surface area contributed by atoms with E-state index in [9.17, 15) is 13.2 Å². The fraction of sp³-hybridized carbons (Fsp3) is 0.882. The number of likely N-dealkylation sites (N-methyl/N-ethyl adjacent to an activating group) is 1. The molecule has 2 aliphatic heterocycles. The van der Waals surface area contributed by atoms with Gasteiger partial charge in [-0.2, -0.15) is 11.8 Å². The standard InChI is InChI=1S/C17H34N6O3S2.HI/c1-3-19-17(20-6-13-28(25,26)23-9-11-27-12-10-23)21-15-4-7-22(8-5-15)14-16(24)18-2;/h15H,3-14H2,1-2H3,(H,18,24)(H2,19,20,21);1H. The third-order valence-electron chi connectivity index (χ3n) is 4.90. The van der Waals surface area contributed by atoms with E-state index >= 15 is 0 Å². The van der Waals surface area contributed by atoms with Gasteiger partial charge in [-0.1, -0.05) is 0 Å². The van der Waals surface area contributed by atoms with E-state index in [1.165, 1.54) is 0 Å². The molecule has 0 unspecified atom stereocenters. The molecule has 0 aromatic carbocycles. The van der Waals surface area contributed by atoms with Gasteiger partial charge in [0.05, 0.1) is 18.8 Å². The summed E-state index contributed by atoms with van der Waals surface area (Å²) in [5.74, 6) is 2.47. The Balaban J connectivity index is 0.00000420. The van der Waals surface area contributed by atoms with Crippen molar-refractivity contribution in [3.8, 4) is 0 Å². The number of piperidine rings is 1. The molecule has 2 rings (SSSR count). The summed E-state index contributed by atoms with van der Waals surface area (Å²) in [6.45, 7) is 6.30. The van der Waals surface area contributed by atoms with Crippen molar-refractivity contribution >= 4 is 57.6 Å². The van der Waals surface area contributed by atoms with Crippen molar-refractivity contribution in [2.75, 3.05) is 70.1 Å². The zero-order valence-corrected chi connectivity index (χ0v) is 21.3. The molecule has 0 aliphatic carbocycles. The number of nitrogens with one attached hydrogen (secondary N) is 3. The van der Waals surface area contributed by atoms with Crippen LogP contribution in [0.15, 0.2) is 4.99 Å². The summed E-state index contributed by atoms with van der Waals surface area (Å²) in [5, 5.41) is 9.26. The number of guanidine groups is 1. The van der Waals surface area contributed by atoms with Gasteiger partial charge in [0.1, 0.15) is 0 Å². The minimum atomic E-state index is -3.24. The molecule has 0 radical (unpaired) electrons. The number of hydrogen-bond donors (Lipinski definition) is 3. The zero-order valence-electron chi connectivity index (χ0n) is 17.4. The fourth-order valence-corrected chi connectivity index (χ4v) is 5.71. The average molecular weight is 563 g/mol. The van der Waals surface area contributed by atoms with Crippen molar-refractivity contribution in [2.45, 2.75) is 25.8 Å². The van der Waals surface area contributed by atoms with Crippen LogP contribution >= 0.6 is 35.7 Å². The number of aliphatic imine (C=N–C) groups is 1. The molecule has 2 fully saturated rings. The second kappa shape index (κ2) is 13.9. The Morgan fingerprint density at radius 3 is 2.41 bits per heavy atom. The fourth-order valence-electron chi connectivity index (χ4n) is 3.26. The molecule has 12 heteroatoms. The van der Waals surface area contributed by atoms with Crippen molar-refractivity contribution in [1.82, 2.24) is 25.2 Å². The van der Waals surface area contributed by atoms with Crippen LogP contribution in [0.4, 0.5) is 0 Å². The van der Waals surface area contributed by atoms with Crippen molar-refractivity contribution in [1.29, 1.82) is 0 Å². The van der Waals surface area contributed by atoms with Gasteiger partial charge in [0.15, 0.2) is 5.96 Å². The van der Waals surface area contributed by atoms with E-state index in [4.69, 9.17) is 0 Å². The lowest BCUT2D eigenvalue weighted by atomic mass is 10.1. The summed E-state index contributed by atoms with van der Waals surface area (Å²) >= 11 is 1.79. The van der Waals surface area contributed by atoms with E-state index in [0.29, 0.717) is 25.6 Å². The molecule has 170 valence electrons. The van der Waals surface area contributed by atoms with E-state index in [1.54, 1.807) is 23.1 Å². The number of carbonyl (C=O) groups excluding carboxylic acids is 1. The van der Waals surface area contributed by atoms with Gasteiger partial charge in [-0.3, -0.25) is 14.7 Å². The Bertz CT molecular complexity index is 621. The predicted molar refractivity (Wildman–Crippen MR) is 131 cm³/mol. The molecular formula is C17H35IN6O3S2. The monoisotopic (exact) mass is 562 g/mol. The van der Waals surface area contributed by atoms with Crippen LogP contribution in [0.25, 0.3) is 0 Å². The van der Waals surface area contributed by atoms with Crippen LogP contribution in [0.2, 0.25) is 0 Å². The van der Waals surface area contributed by atoms with Crippen molar-refractivity contribution in [3.05, 3.63) is 0 Å². The topological polar surface area (TPSA) is 106 Å². The van der Waals surface area contributed by atoms with E-state index in [1.807, 2.05) is 6.92 Å². The first-order chi connectivity index (χ1) is 13.4. The van der Waals surface area contributed by atoms with Gasteiger partial charge >= 0.3 is 0 Å². The van der Waals surface area contributed by atoms with Crippen LogP contribution in [-0.2, 0) is 14.8 Å². The number of thioether (sulfide) groups is 1. The maximum absolute atomic E-state index is 12.4. The lowest BCUT2D eigenvalue weighted by Crippen LogP contribution is -2.50. The van der Waals surface area contributed by atoms with Crippen LogP contribution in [-0.4, -0.2) is 106 Å². The van der Waals surface area contributed by atoms with Crippen LogP contribution < -0.4 is 16.0 Å². The van der Waals surface area contributed by atoms with E-state index in [0.717, 1.165) is 44.0 Å². The molecule has 9 nitrogen and oxygen atoms in total. The highest BCUT2D eigenvalue weighted by atomic mass is 127. The summed E-state index contributed by atoms with van der Waals surface area (Å²) in [6, 6.07) is 0.273. The number of likely N-dealkylation sites (tertiary alicyclic amines) is 1. The van der Waals surface area contributed by atoms with Crippen LogP contribution in [0.3, 0.4) is 0 Å². The summed E-state index contributed by atoms with van der Waals surface area (Å²) in [4.78, 5) is 18.1. The highest BCUT2D eigenvalue weighted by Gasteiger charge is 2.24. The molecule has 0 aromatic heterocycles. The Morgan fingerprint density at radius 2 is 1.83 bits per heavy atom. The van der Waals surface area contributed by atoms with Gasteiger partial charge in [0.25, 0.3) is 0 Å². The second-order valence-corrected chi connectivity index (χ2v) is 10.3. The third kappa shape index (κ3) is 9.57. The highest BCUT2D eigenvalue weighted by Crippen LogP contribution is 2.13. The SMILES string of the molecule is CCNC(=NCCS(=O)(=O)N1CCSCC1)NC1CCN(CC(=O)NC)CC1.I. The normalized spacial score (nSPS) is 20.0. The first-order valence-corrected chi connectivity index (χ1v) is 12.7. The Kier molecular flexibility index (Phi) is 12.8. The molecule has 29 heavy (non-hydrogen) atoms. The zero-order chi connectivity index (χ0) is 20.4. The van der Waals surface area contributed by atoms with Crippen LogP contribution in [0.1, 0.15) is 19.8 Å². The highest BCUT2D eigenvalue weighted by molar-refractivity contribution is 14.0. The maximum atomic E-state index is 12.4. The molecule has 0 saturated carbocycles. The Hall–Kier alpha value is -0.310. The molecule has 0 atom stereocenters. The average Bonchev–Trinajstić information content (AvgIpc) is 2.70. The summed E-state index contributed by atoms with van der Waals surface area (Å²) < 4.78 is 26.4. The lowest BCUT2D eigenvalue weighted by Gasteiger charge is -2.32. The van der Waals surface area contributed by atoms with Crippen LogP contribution in [0, 0.1) is 0 Å². The van der Waals surface area contributed by atoms with Gasteiger partial charge in [0, 0.05) is 57.3 Å². The molecule has 2 aliphatic rings. The number of amides is 1. The number of rotatable bonds is 8. The molecule has 0 aromatic rings. The van der Waals surface area contributed by atoms with Crippen molar-refractivity contribution < 1.29 is 13.2 Å². The van der Waals surface area contributed by atoms with E-state index in [2.05, 4.69) is 25.8 Å². The summed E-state index contributed by atoms with van der Waals surface area (Å²) in [6.07, 6.45) is 1.84. The molecule has 2 heterocycles. The molecule has 1 amide bonds. The number of sulfonamides is 1. The molecule has 0 bridgehead atoms. The van der Waals surface area contributed by atoms with Crippen LogP contribution in [0.5, 0.6) is 0 Å². The van der Waals surface area contributed by atoms with Crippen molar-refractivity contribution in [3.63, 3.8) is 0 Å². The number of nitrogens with zero attached hydrogens (tertiary/aromatic N) is 3. The second-order valence-electron chi connectivity index (χ2n) is 6.96. The van der Waals surface area contributed by atoms with Gasteiger partial charge in [-0.15, -0.1) is 24.0 Å². The predicted octanol–water partition coefficient (Wildman–Crippen LogP) is -0.251. The van der Waals surface area contributed by atoms with E-state index in [-0.39, 0.29) is 48.2 Å². The number of carbonyl (C=O) groups is 1. The van der Waals surface area contributed by atoms with E-state index < -0.39 is 10.0 Å². The number of hydrogen-bond acceptors (Lipinski definition) is 6. The minimum Gasteiger partial charge on any atom is -0.358 e.